The van der Waals surface area contributed by atoms with E-state index in [1.165, 1.54) is 12.1 Å². The molecule has 22 heavy (non-hydrogen) atoms. The molecule has 2 rings (SSSR count). The van der Waals surface area contributed by atoms with Crippen molar-refractivity contribution in [1.29, 1.82) is 0 Å². The van der Waals surface area contributed by atoms with Gasteiger partial charge in [0.05, 0.1) is 5.69 Å². The summed E-state index contributed by atoms with van der Waals surface area (Å²) in [6.07, 6.45) is 0. The van der Waals surface area contributed by atoms with Gasteiger partial charge in [-0.2, -0.15) is 0 Å². The highest BCUT2D eigenvalue weighted by Gasteiger charge is 2.10. The zero-order chi connectivity index (χ0) is 16.3. The Labute approximate surface area is 134 Å². The molecule has 0 aliphatic heterocycles. The van der Waals surface area contributed by atoms with Crippen molar-refractivity contribution >= 4 is 23.2 Å². The Bertz CT molecular complexity index is 690. The topological polar surface area (TPSA) is 58.6 Å². The Morgan fingerprint density at radius 1 is 1.18 bits per heavy atom. The summed E-state index contributed by atoms with van der Waals surface area (Å²) in [5, 5.41) is 12.7. The zero-order valence-electron chi connectivity index (χ0n) is 12.7. The van der Waals surface area contributed by atoms with Crippen molar-refractivity contribution in [1.82, 2.24) is 0 Å². The smallest absolute Gasteiger partial charge is 0.262 e. The van der Waals surface area contributed by atoms with Crippen molar-refractivity contribution < 1.29 is 14.6 Å². The van der Waals surface area contributed by atoms with E-state index in [1.54, 1.807) is 6.07 Å². The molecule has 4 nitrogen and oxygen atoms in total. The van der Waals surface area contributed by atoms with Gasteiger partial charge in [0.1, 0.15) is 11.5 Å². The largest absolute Gasteiger partial charge is 0.506 e. The quantitative estimate of drug-likeness (QED) is 0.838. The summed E-state index contributed by atoms with van der Waals surface area (Å²) < 4.78 is 5.60. The normalized spacial score (nSPS) is 10.4. The predicted octanol–water partition coefficient (Wildman–Crippen LogP) is 3.99. The Hall–Kier alpha value is -2.20. The van der Waals surface area contributed by atoms with Crippen molar-refractivity contribution in [3.8, 4) is 11.5 Å². The Morgan fingerprint density at radius 2 is 1.82 bits per heavy atom. The second-order valence-corrected chi connectivity index (χ2v) is 5.66. The molecule has 0 heterocycles. The summed E-state index contributed by atoms with van der Waals surface area (Å²) in [7, 11) is 0. The minimum atomic E-state index is -0.364. The van der Waals surface area contributed by atoms with Gasteiger partial charge in [-0.15, -0.1) is 0 Å². The third kappa shape index (κ3) is 3.92. The molecule has 0 radical (unpaired) electrons. The molecule has 1 amide bonds. The van der Waals surface area contributed by atoms with Gasteiger partial charge in [-0.25, -0.2) is 0 Å². The lowest BCUT2D eigenvalue weighted by molar-refractivity contribution is -0.118. The van der Waals surface area contributed by atoms with Crippen LogP contribution < -0.4 is 10.1 Å². The SMILES string of the molecule is Cc1cc(C)c(OCC(=O)Nc2cc(Cl)ccc2O)c(C)c1. The number of ether oxygens (including phenoxy) is 1. The molecule has 0 aromatic heterocycles. The number of aryl methyl sites for hydroxylation is 3. The molecule has 2 N–H and O–H groups in total. The fourth-order valence-electron chi connectivity index (χ4n) is 2.33. The first-order chi connectivity index (χ1) is 10.4. The third-order valence-corrected chi connectivity index (χ3v) is 3.42. The second kappa shape index (κ2) is 6.71. The number of amides is 1. The number of nitrogens with one attached hydrogen (secondary N) is 1. The van der Waals surface area contributed by atoms with Crippen LogP contribution in [-0.4, -0.2) is 17.6 Å². The van der Waals surface area contributed by atoms with E-state index in [0.29, 0.717) is 10.8 Å². The monoisotopic (exact) mass is 319 g/mol. The fraction of sp³-hybridized carbons (Fsp3) is 0.235. The van der Waals surface area contributed by atoms with Gasteiger partial charge in [-0.1, -0.05) is 29.3 Å². The maximum Gasteiger partial charge on any atom is 0.262 e. The van der Waals surface area contributed by atoms with Gasteiger partial charge in [-0.3, -0.25) is 4.79 Å². The van der Waals surface area contributed by atoms with E-state index in [4.69, 9.17) is 16.3 Å². The summed E-state index contributed by atoms with van der Waals surface area (Å²) in [6.45, 7) is 5.75. The molecule has 0 aliphatic rings. The number of anilines is 1. The first kappa shape index (κ1) is 16.2. The molecule has 5 heteroatoms. The molecule has 0 saturated carbocycles. The van der Waals surface area contributed by atoms with Crippen LogP contribution in [0.2, 0.25) is 5.02 Å². The highest BCUT2D eigenvalue weighted by molar-refractivity contribution is 6.31. The van der Waals surface area contributed by atoms with Crippen molar-refractivity contribution in [2.45, 2.75) is 20.8 Å². The van der Waals surface area contributed by atoms with E-state index in [1.807, 2.05) is 32.9 Å². The van der Waals surface area contributed by atoms with E-state index in [9.17, 15) is 9.90 Å². The molecule has 0 fully saturated rings. The number of halogens is 1. The molecule has 0 aliphatic carbocycles. The van der Waals surface area contributed by atoms with Gasteiger partial charge >= 0.3 is 0 Å². The highest BCUT2D eigenvalue weighted by Crippen LogP contribution is 2.27. The minimum Gasteiger partial charge on any atom is -0.506 e. The van der Waals surface area contributed by atoms with Gasteiger partial charge in [0, 0.05) is 5.02 Å². The van der Waals surface area contributed by atoms with Crippen LogP contribution in [0.25, 0.3) is 0 Å². The molecular weight excluding hydrogens is 302 g/mol. The predicted molar refractivity (Wildman–Crippen MR) is 87.9 cm³/mol. The van der Waals surface area contributed by atoms with Crippen molar-refractivity contribution in [2.24, 2.45) is 0 Å². The van der Waals surface area contributed by atoms with E-state index in [0.717, 1.165) is 16.7 Å². The summed E-state index contributed by atoms with van der Waals surface area (Å²) >= 11 is 5.84. The number of hydrogen-bond donors (Lipinski definition) is 2. The number of carbonyl (C=O) groups is 1. The van der Waals surface area contributed by atoms with Crippen molar-refractivity contribution in [2.75, 3.05) is 11.9 Å². The van der Waals surface area contributed by atoms with Crippen LogP contribution in [0.3, 0.4) is 0 Å². The standard InChI is InChI=1S/C17H18ClNO3/c1-10-6-11(2)17(12(3)7-10)22-9-16(21)19-14-8-13(18)4-5-15(14)20/h4-8,20H,9H2,1-3H3,(H,19,21). The summed E-state index contributed by atoms with van der Waals surface area (Å²) in [5.74, 6) is 0.299. The van der Waals surface area contributed by atoms with Gasteiger partial charge in [0.25, 0.3) is 5.91 Å². The van der Waals surface area contributed by atoms with Crippen molar-refractivity contribution in [3.63, 3.8) is 0 Å². The van der Waals surface area contributed by atoms with E-state index in [-0.39, 0.29) is 24.0 Å². The molecule has 0 bridgehead atoms. The van der Waals surface area contributed by atoms with Crippen molar-refractivity contribution in [3.05, 3.63) is 52.0 Å². The minimum absolute atomic E-state index is 0.0413. The Kier molecular flexibility index (Phi) is 4.93. The molecular formula is C17H18ClNO3. The molecule has 0 spiro atoms. The van der Waals surface area contributed by atoms with Crippen LogP contribution in [0.4, 0.5) is 5.69 Å². The number of benzene rings is 2. The van der Waals surface area contributed by atoms with E-state index >= 15 is 0 Å². The first-order valence-electron chi connectivity index (χ1n) is 6.86. The van der Waals surface area contributed by atoms with Crippen LogP contribution in [0, 0.1) is 20.8 Å². The maximum atomic E-state index is 11.9. The lowest BCUT2D eigenvalue weighted by atomic mass is 10.1. The van der Waals surface area contributed by atoms with Gasteiger partial charge in [0.2, 0.25) is 0 Å². The lowest BCUT2D eigenvalue weighted by Gasteiger charge is -2.13. The number of phenolic OH excluding ortho intramolecular Hbond substituents is 1. The summed E-state index contributed by atoms with van der Waals surface area (Å²) in [6, 6.07) is 8.46. The molecule has 0 unspecified atom stereocenters. The van der Waals surface area contributed by atoms with Crippen LogP contribution in [0.5, 0.6) is 11.5 Å². The van der Waals surface area contributed by atoms with Crippen LogP contribution >= 0.6 is 11.6 Å². The molecule has 2 aromatic rings. The van der Waals surface area contributed by atoms with Crippen LogP contribution in [0.1, 0.15) is 16.7 Å². The highest BCUT2D eigenvalue weighted by atomic mass is 35.5. The Balaban J connectivity index is 2.03. The number of aromatic hydroxyl groups is 1. The van der Waals surface area contributed by atoms with E-state index < -0.39 is 0 Å². The number of carbonyl (C=O) groups excluding carboxylic acids is 1. The van der Waals surface area contributed by atoms with Gasteiger partial charge < -0.3 is 15.2 Å². The third-order valence-electron chi connectivity index (χ3n) is 3.18. The average molecular weight is 320 g/mol. The van der Waals surface area contributed by atoms with Crippen LogP contribution in [-0.2, 0) is 4.79 Å². The van der Waals surface area contributed by atoms with Gasteiger partial charge in [0.15, 0.2) is 6.61 Å². The molecule has 0 atom stereocenters. The van der Waals surface area contributed by atoms with Gasteiger partial charge in [-0.05, 0) is 50.1 Å². The molecule has 116 valence electrons. The first-order valence-corrected chi connectivity index (χ1v) is 7.23. The second-order valence-electron chi connectivity index (χ2n) is 5.23. The fourth-order valence-corrected chi connectivity index (χ4v) is 2.50. The zero-order valence-corrected chi connectivity index (χ0v) is 13.5. The number of hydrogen-bond acceptors (Lipinski definition) is 3. The van der Waals surface area contributed by atoms with E-state index in [2.05, 4.69) is 5.32 Å². The summed E-state index contributed by atoms with van der Waals surface area (Å²) in [5.41, 5.74) is 3.38. The average Bonchev–Trinajstić information content (AvgIpc) is 2.41. The maximum absolute atomic E-state index is 11.9. The molecule has 2 aromatic carbocycles. The number of rotatable bonds is 4. The molecule has 0 saturated heterocycles. The summed E-state index contributed by atoms with van der Waals surface area (Å²) in [4.78, 5) is 11.9. The lowest BCUT2D eigenvalue weighted by Crippen LogP contribution is -2.20. The van der Waals surface area contributed by atoms with Crippen LogP contribution in [0.15, 0.2) is 30.3 Å². The Morgan fingerprint density at radius 3 is 2.45 bits per heavy atom. The number of phenols is 1.